The van der Waals surface area contributed by atoms with Gasteiger partial charge < -0.3 is 16.7 Å². The van der Waals surface area contributed by atoms with Crippen molar-refractivity contribution < 1.29 is 5.21 Å². The summed E-state index contributed by atoms with van der Waals surface area (Å²) < 4.78 is 1.60. The number of fused-ring (bicyclic) bond motifs is 1. The fraction of sp³-hybridized carbons (Fsp3) is 0.105. The van der Waals surface area contributed by atoms with E-state index < -0.39 is 0 Å². The number of hydrogen-bond donors (Lipinski definition) is 3. The van der Waals surface area contributed by atoms with Crippen LogP contribution >= 0.6 is 24.8 Å². The lowest BCUT2D eigenvalue weighted by Crippen LogP contribution is -2.15. The van der Waals surface area contributed by atoms with Crippen LogP contribution in [0.2, 0.25) is 0 Å². The number of halogens is 2. The summed E-state index contributed by atoms with van der Waals surface area (Å²) in [7, 11) is 0. The molecule has 0 saturated heterocycles. The largest absolute Gasteiger partial charge is 0.409 e. The van der Waals surface area contributed by atoms with Gasteiger partial charge in [-0.15, -0.1) is 24.8 Å². The van der Waals surface area contributed by atoms with E-state index in [4.69, 9.17) is 16.7 Å². The van der Waals surface area contributed by atoms with Crippen LogP contribution in [0.5, 0.6) is 0 Å². The molecule has 0 fully saturated rings. The number of amidine groups is 1. The zero-order valence-electron chi connectivity index (χ0n) is 14.8. The van der Waals surface area contributed by atoms with Crippen molar-refractivity contribution in [3.63, 3.8) is 0 Å². The second-order valence-electron chi connectivity index (χ2n) is 6.06. The van der Waals surface area contributed by atoms with E-state index in [0.717, 1.165) is 46.5 Å². The molecule has 7 nitrogen and oxygen atoms in total. The quantitative estimate of drug-likeness (QED) is 0.262. The maximum absolute atomic E-state index is 8.97. The summed E-state index contributed by atoms with van der Waals surface area (Å²) >= 11 is 0. The summed E-state index contributed by atoms with van der Waals surface area (Å²) in [5.74, 6) is 0.439. The van der Waals surface area contributed by atoms with E-state index in [0.29, 0.717) is 5.95 Å². The molecule has 28 heavy (non-hydrogen) atoms. The average Bonchev–Trinajstić information content (AvgIpc) is 3.26. The molecule has 4 rings (SSSR count). The molecule has 1 aliphatic rings. The van der Waals surface area contributed by atoms with E-state index in [9.17, 15) is 0 Å². The van der Waals surface area contributed by atoms with Gasteiger partial charge in [-0.1, -0.05) is 53.7 Å². The van der Waals surface area contributed by atoms with Crippen molar-refractivity contribution in [3.05, 3.63) is 71.4 Å². The third kappa shape index (κ3) is 3.81. The van der Waals surface area contributed by atoms with E-state index in [-0.39, 0.29) is 30.6 Å². The van der Waals surface area contributed by atoms with Crippen molar-refractivity contribution in [2.45, 2.75) is 12.8 Å². The number of nitrogens with two attached hydrogens (primary N) is 2. The minimum absolute atomic E-state index is 0. The molecule has 1 aromatic heterocycles. The van der Waals surface area contributed by atoms with E-state index >= 15 is 0 Å². The van der Waals surface area contributed by atoms with Gasteiger partial charge in [-0.3, -0.25) is 0 Å². The molecule has 0 spiro atoms. The summed E-state index contributed by atoms with van der Waals surface area (Å²) in [5.41, 5.74) is 17.2. The molecule has 3 aromatic rings. The molecule has 0 amide bonds. The van der Waals surface area contributed by atoms with Crippen LogP contribution in [-0.2, 0) is 6.42 Å². The molecule has 0 saturated carbocycles. The second kappa shape index (κ2) is 8.77. The Hall–Kier alpha value is -3.03. The van der Waals surface area contributed by atoms with E-state index in [2.05, 4.69) is 15.2 Å². The molecule has 0 unspecified atom stereocenters. The Morgan fingerprint density at radius 3 is 2.50 bits per heavy atom. The van der Waals surface area contributed by atoms with Gasteiger partial charge in [0.25, 0.3) is 0 Å². The predicted molar refractivity (Wildman–Crippen MR) is 116 cm³/mol. The molecule has 0 bridgehead atoms. The highest BCUT2D eigenvalue weighted by Gasteiger charge is 2.22. The van der Waals surface area contributed by atoms with Crippen LogP contribution in [0.3, 0.4) is 0 Å². The molecule has 9 heteroatoms. The van der Waals surface area contributed by atoms with Crippen LogP contribution in [0.1, 0.15) is 23.1 Å². The minimum Gasteiger partial charge on any atom is -0.409 e. The van der Waals surface area contributed by atoms with Crippen molar-refractivity contribution in [1.29, 1.82) is 0 Å². The number of anilines is 1. The Balaban J connectivity index is 0.00000140. The van der Waals surface area contributed by atoms with Crippen molar-refractivity contribution in [3.8, 4) is 11.3 Å². The normalized spacial score (nSPS) is 14.3. The third-order valence-electron chi connectivity index (χ3n) is 4.49. The number of nitrogens with zero attached hydrogens (tertiary/aromatic N) is 4. The first kappa shape index (κ1) is 21.3. The van der Waals surface area contributed by atoms with Gasteiger partial charge in [0.15, 0.2) is 5.84 Å². The molecular weight excluding hydrogens is 399 g/mol. The number of nitrogen functional groups attached to an aromatic ring is 1. The number of imidazole rings is 1. The Kier molecular flexibility index (Phi) is 6.66. The zero-order chi connectivity index (χ0) is 18.1. The van der Waals surface area contributed by atoms with Crippen LogP contribution in [0, 0.1) is 0 Å². The standard InChI is InChI=1S/C19H18N6O.2ClH/c20-18(24-26)15-8-4-7-14-13(15)9-10-16(14)23-25-11-17(22-19(25)21)12-5-2-1-3-6-12;;/h1-8,11,26H,9-10H2,(H2,20,24)(H2,21,22);2*1H. The Labute approximate surface area is 174 Å². The minimum atomic E-state index is 0. The van der Waals surface area contributed by atoms with Gasteiger partial charge in [-0.25, -0.2) is 9.66 Å². The number of hydrogen-bond acceptors (Lipinski definition) is 5. The van der Waals surface area contributed by atoms with Gasteiger partial charge in [0.1, 0.15) is 0 Å². The smallest absolute Gasteiger partial charge is 0.221 e. The molecule has 2 aromatic carbocycles. The van der Waals surface area contributed by atoms with Crippen LogP contribution in [0.25, 0.3) is 11.3 Å². The predicted octanol–water partition coefficient (Wildman–Crippen LogP) is 3.27. The molecule has 1 heterocycles. The lowest BCUT2D eigenvalue weighted by molar-refractivity contribution is 0.318. The average molecular weight is 419 g/mol. The van der Waals surface area contributed by atoms with E-state index in [1.54, 1.807) is 4.68 Å². The highest BCUT2D eigenvalue weighted by molar-refractivity contribution is 6.09. The van der Waals surface area contributed by atoms with Crippen LogP contribution < -0.4 is 11.5 Å². The molecule has 146 valence electrons. The van der Waals surface area contributed by atoms with Crippen molar-refractivity contribution >= 4 is 42.3 Å². The Morgan fingerprint density at radius 1 is 1.04 bits per heavy atom. The Bertz CT molecular complexity index is 1030. The van der Waals surface area contributed by atoms with Crippen molar-refractivity contribution in [2.24, 2.45) is 16.0 Å². The first-order chi connectivity index (χ1) is 12.7. The first-order valence-corrected chi connectivity index (χ1v) is 8.25. The molecule has 0 atom stereocenters. The number of aromatic nitrogens is 2. The lowest BCUT2D eigenvalue weighted by atomic mass is 10.0. The fourth-order valence-corrected chi connectivity index (χ4v) is 3.25. The lowest BCUT2D eigenvalue weighted by Gasteiger charge is -2.06. The zero-order valence-corrected chi connectivity index (χ0v) is 16.5. The maximum atomic E-state index is 8.97. The van der Waals surface area contributed by atoms with Gasteiger partial charge in [0.2, 0.25) is 5.95 Å². The van der Waals surface area contributed by atoms with Crippen LogP contribution in [0.4, 0.5) is 5.95 Å². The van der Waals surface area contributed by atoms with Gasteiger partial charge >= 0.3 is 0 Å². The number of benzene rings is 2. The van der Waals surface area contributed by atoms with Gasteiger partial charge in [-0.05, 0) is 18.4 Å². The summed E-state index contributed by atoms with van der Waals surface area (Å²) in [6.07, 6.45) is 3.35. The Morgan fingerprint density at radius 2 is 1.79 bits per heavy atom. The van der Waals surface area contributed by atoms with E-state index in [1.807, 2.05) is 54.7 Å². The molecule has 0 aliphatic heterocycles. The monoisotopic (exact) mass is 418 g/mol. The summed E-state index contributed by atoms with van der Waals surface area (Å²) in [6.45, 7) is 0. The van der Waals surface area contributed by atoms with Gasteiger partial charge in [-0.2, -0.15) is 5.10 Å². The van der Waals surface area contributed by atoms with E-state index in [1.165, 1.54) is 0 Å². The summed E-state index contributed by atoms with van der Waals surface area (Å²) in [5, 5.41) is 16.8. The van der Waals surface area contributed by atoms with Crippen LogP contribution in [-0.4, -0.2) is 26.4 Å². The highest BCUT2D eigenvalue weighted by atomic mass is 35.5. The summed E-state index contributed by atoms with van der Waals surface area (Å²) in [6, 6.07) is 15.5. The summed E-state index contributed by atoms with van der Waals surface area (Å²) in [4.78, 5) is 4.40. The maximum Gasteiger partial charge on any atom is 0.221 e. The highest BCUT2D eigenvalue weighted by Crippen LogP contribution is 2.27. The molecular formula is C19H20Cl2N6O. The van der Waals surface area contributed by atoms with Gasteiger partial charge in [0, 0.05) is 16.7 Å². The van der Waals surface area contributed by atoms with Gasteiger partial charge in [0.05, 0.1) is 17.6 Å². The molecule has 1 aliphatic carbocycles. The second-order valence-corrected chi connectivity index (χ2v) is 6.06. The first-order valence-electron chi connectivity index (χ1n) is 8.25. The fourth-order valence-electron chi connectivity index (χ4n) is 3.25. The SMILES string of the molecule is Cl.Cl.N/C(=N\O)c1cccc2c1CCC2=Nn1cc(-c2ccccc2)nc1N. The van der Waals surface area contributed by atoms with Crippen LogP contribution in [0.15, 0.2) is 65.0 Å². The number of oxime groups is 1. The van der Waals surface area contributed by atoms with Crippen molar-refractivity contribution in [1.82, 2.24) is 9.66 Å². The third-order valence-corrected chi connectivity index (χ3v) is 4.49. The molecule has 5 N–H and O–H groups in total. The van der Waals surface area contributed by atoms with Crippen molar-refractivity contribution in [2.75, 3.05) is 5.73 Å². The topological polar surface area (TPSA) is 115 Å². The number of rotatable bonds is 3. The molecule has 0 radical (unpaired) electrons.